The minimum atomic E-state index is -1.01. The van der Waals surface area contributed by atoms with Crippen LogP contribution in [0.4, 0.5) is 0 Å². The van der Waals surface area contributed by atoms with E-state index in [0.29, 0.717) is 36.8 Å². The van der Waals surface area contributed by atoms with Crippen LogP contribution in [0.5, 0.6) is 0 Å². The van der Waals surface area contributed by atoms with E-state index in [1.54, 1.807) is 0 Å². The Morgan fingerprint density at radius 1 is 1.33 bits per heavy atom. The molecule has 0 radical (unpaired) electrons. The van der Waals surface area contributed by atoms with Crippen LogP contribution in [0.1, 0.15) is 44.9 Å². The maximum absolute atomic E-state index is 11.8. The zero-order chi connectivity index (χ0) is 18.1. The smallest absolute Gasteiger partial charge is 0.305 e. The zero-order valence-corrected chi connectivity index (χ0v) is 13.7. The van der Waals surface area contributed by atoms with Gasteiger partial charge in [0, 0.05) is 24.8 Å². The molecule has 0 amide bonds. The van der Waals surface area contributed by atoms with Gasteiger partial charge >= 0.3 is 11.9 Å². The van der Waals surface area contributed by atoms with Crippen molar-refractivity contribution in [2.24, 2.45) is 0 Å². The molecule has 0 heterocycles. The molecule has 0 bridgehead atoms. The molecule has 2 unspecified atom stereocenters. The molecule has 7 nitrogen and oxygen atoms in total. The van der Waals surface area contributed by atoms with Crippen molar-refractivity contribution in [3.63, 3.8) is 0 Å². The van der Waals surface area contributed by atoms with E-state index in [0.717, 1.165) is 0 Å². The van der Waals surface area contributed by atoms with Crippen LogP contribution in [0.2, 0.25) is 0 Å². The summed E-state index contributed by atoms with van der Waals surface area (Å²) in [4.78, 5) is 33.4. The number of Topliss-reactive ketones (excluding diaryl/α,β-unsaturated/α-hetero) is 1. The van der Waals surface area contributed by atoms with E-state index < -0.39 is 18.2 Å². The van der Waals surface area contributed by atoms with Crippen LogP contribution in [-0.4, -0.2) is 52.4 Å². The molecule has 0 saturated carbocycles. The highest BCUT2D eigenvalue weighted by Crippen LogP contribution is 2.28. The van der Waals surface area contributed by atoms with Crippen LogP contribution in [0, 0.1) is 0 Å². The van der Waals surface area contributed by atoms with Crippen molar-refractivity contribution in [3.05, 3.63) is 23.3 Å². The number of aliphatic hydroxyl groups excluding tert-OH is 2. The third-order valence-electron chi connectivity index (χ3n) is 3.87. The van der Waals surface area contributed by atoms with Gasteiger partial charge in [-0.25, -0.2) is 0 Å². The summed E-state index contributed by atoms with van der Waals surface area (Å²) in [7, 11) is 1.32. The van der Waals surface area contributed by atoms with Crippen molar-refractivity contribution in [2.75, 3.05) is 7.11 Å². The van der Waals surface area contributed by atoms with Gasteiger partial charge in [0.1, 0.15) is 0 Å². The molecule has 0 spiro atoms. The van der Waals surface area contributed by atoms with Crippen molar-refractivity contribution in [1.29, 1.82) is 0 Å². The second-order valence-electron chi connectivity index (χ2n) is 5.72. The molecule has 0 fully saturated rings. The number of hydrogen-bond donors (Lipinski definition) is 3. The molecular formula is C17H24O7. The average molecular weight is 340 g/mol. The number of aliphatic hydroxyl groups is 2. The highest BCUT2D eigenvalue weighted by Gasteiger charge is 2.29. The second kappa shape index (κ2) is 10.00. The molecule has 2 atom stereocenters. The van der Waals surface area contributed by atoms with Crippen molar-refractivity contribution in [2.45, 2.75) is 57.2 Å². The number of carboxylic acids is 1. The van der Waals surface area contributed by atoms with Crippen LogP contribution < -0.4 is 0 Å². The molecule has 1 rings (SSSR count). The van der Waals surface area contributed by atoms with Crippen molar-refractivity contribution in [3.8, 4) is 0 Å². The number of hydrogen-bond acceptors (Lipinski definition) is 6. The van der Waals surface area contributed by atoms with Gasteiger partial charge in [0.05, 0.1) is 19.3 Å². The molecule has 24 heavy (non-hydrogen) atoms. The van der Waals surface area contributed by atoms with Gasteiger partial charge in [-0.3, -0.25) is 14.4 Å². The Morgan fingerprint density at radius 3 is 2.67 bits per heavy atom. The molecule has 0 aliphatic heterocycles. The van der Waals surface area contributed by atoms with E-state index in [-0.39, 0.29) is 31.0 Å². The third kappa shape index (κ3) is 6.64. The number of methoxy groups -OCH3 is 1. The number of unbranched alkanes of at least 4 members (excludes halogenated alkanes) is 1. The fourth-order valence-electron chi connectivity index (χ4n) is 2.53. The largest absolute Gasteiger partial charge is 0.481 e. The lowest BCUT2D eigenvalue weighted by Crippen LogP contribution is -2.07. The second-order valence-corrected chi connectivity index (χ2v) is 5.72. The number of carbonyl (C=O) groups excluding carboxylic acids is 2. The summed E-state index contributed by atoms with van der Waals surface area (Å²) in [6, 6.07) is 0. The van der Waals surface area contributed by atoms with Gasteiger partial charge in [-0.05, 0) is 31.3 Å². The molecular weight excluding hydrogens is 316 g/mol. The standard InChI is InChI=1S/C17H24O7/c1-24-17(23)5-3-2-4-11(18)6-7-12-13(8-9-16(21)22)15(20)10-14(12)19/h6-7,11,14,18-19H,2-5,8-10H2,1H3,(H,21,22)/b7-6+. The SMILES string of the molecule is COC(=O)CCCCC(O)/C=C/C1=C(CCC(=O)O)C(=O)CC1O. The Bertz CT molecular complexity index is 533. The lowest BCUT2D eigenvalue weighted by molar-refractivity contribution is -0.141. The van der Waals surface area contributed by atoms with Gasteiger partial charge in [-0.1, -0.05) is 12.2 Å². The number of carboxylic acid groups (broad SMARTS) is 1. The number of carbonyl (C=O) groups is 3. The summed E-state index contributed by atoms with van der Waals surface area (Å²) < 4.78 is 4.52. The van der Waals surface area contributed by atoms with Crippen LogP contribution in [0.15, 0.2) is 23.3 Å². The lowest BCUT2D eigenvalue weighted by Gasteiger charge is -2.08. The van der Waals surface area contributed by atoms with E-state index in [2.05, 4.69) is 4.74 Å². The van der Waals surface area contributed by atoms with E-state index in [1.807, 2.05) is 0 Å². The van der Waals surface area contributed by atoms with Gasteiger partial charge in [-0.2, -0.15) is 0 Å². The van der Waals surface area contributed by atoms with E-state index in [4.69, 9.17) is 5.11 Å². The number of allylic oxidation sites excluding steroid dienone is 1. The minimum Gasteiger partial charge on any atom is -0.481 e. The van der Waals surface area contributed by atoms with Gasteiger partial charge in [0.25, 0.3) is 0 Å². The monoisotopic (exact) mass is 340 g/mol. The number of ketones is 1. The fourth-order valence-corrected chi connectivity index (χ4v) is 2.53. The van der Waals surface area contributed by atoms with E-state index in [1.165, 1.54) is 19.3 Å². The Hall–Kier alpha value is -1.99. The summed E-state index contributed by atoms with van der Waals surface area (Å²) >= 11 is 0. The minimum absolute atomic E-state index is 0.0517. The van der Waals surface area contributed by atoms with Crippen LogP contribution in [0.3, 0.4) is 0 Å². The van der Waals surface area contributed by atoms with Gasteiger partial charge in [0.15, 0.2) is 5.78 Å². The maximum Gasteiger partial charge on any atom is 0.305 e. The predicted molar refractivity (Wildman–Crippen MR) is 85.2 cm³/mol. The lowest BCUT2D eigenvalue weighted by atomic mass is 10.0. The van der Waals surface area contributed by atoms with Crippen molar-refractivity contribution >= 4 is 17.7 Å². The molecule has 1 aliphatic rings. The summed E-state index contributed by atoms with van der Waals surface area (Å²) in [6.45, 7) is 0. The normalized spacial score (nSPS) is 19.1. The quantitative estimate of drug-likeness (QED) is 0.402. The Morgan fingerprint density at radius 2 is 2.04 bits per heavy atom. The first-order chi connectivity index (χ1) is 11.3. The number of rotatable bonds is 10. The molecule has 3 N–H and O–H groups in total. The first-order valence-electron chi connectivity index (χ1n) is 7.94. The third-order valence-corrected chi connectivity index (χ3v) is 3.87. The summed E-state index contributed by atoms with van der Waals surface area (Å²) in [6.07, 6.45) is 3.07. The van der Waals surface area contributed by atoms with Crippen LogP contribution in [0.25, 0.3) is 0 Å². The highest BCUT2D eigenvalue weighted by atomic mass is 16.5. The summed E-state index contributed by atoms with van der Waals surface area (Å²) in [5, 5.41) is 28.5. The van der Waals surface area contributed by atoms with E-state index in [9.17, 15) is 24.6 Å². The fraction of sp³-hybridized carbons (Fsp3) is 0.588. The van der Waals surface area contributed by atoms with E-state index >= 15 is 0 Å². The number of aliphatic carboxylic acids is 1. The summed E-state index contributed by atoms with van der Waals surface area (Å²) in [5.41, 5.74) is 0.703. The van der Waals surface area contributed by atoms with Gasteiger partial charge in [-0.15, -0.1) is 0 Å². The first kappa shape index (κ1) is 20.1. The first-order valence-corrected chi connectivity index (χ1v) is 7.94. The molecule has 134 valence electrons. The molecule has 1 aliphatic carbocycles. The summed E-state index contributed by atoms with van der Waals surface area (Å²) in [5.74, 6) is -1.55. The Kier molecular flexibility index (Phi) is 8.35. The topological polar surface area (TPSA) is 121 Å². The Labute approximate surface area is 140 Å². The molecule has 7 heteroatoms. The molecule has 0 aromatic rings. The molecule has 0 aromatic carbocycles. The van der Waals surface area contributed by atoms with Crippen LogP contribution >= 0.6 is 0 Å². The predicted octanol–water partition coefficient (Wildman–Crippen LogP) is 1.13. The van der Waals surface area contributed by atoms with Gasteiger partial charge in [0.2, 0.25) is 0 Å². The number of esters is 1. The molecule has 0 aromatic heterocycles. The van der Waals surface area contributed by atoms with Gasteiger partial charge < -0.3 is 20.1 Å². The zero-order valence-electron chi connectivity index (χ0n) is 13.7. The number of ether oxygens (including phenoxy) is 1. The highest BCUT2D eigenvalue weighted by molar-refractivity contribution is 6.00. The van der Waals surface area contributed by atoms with Crippen molar-refractivity contribution in [1.82, 2.24) is 0 Å². The molecule has 0 saturated heterocycles. The average Bonchev–Trinajstić information content (AvgIpc) is 2.80. The van der Waals surface area contributed by atoms with Crippen molar-refractivity contribution < 1.29 is 34.4 Å². The maximum atomic E-state index is 11.8. The van der Waals surface area contributed by atoms with Crippen LogP contribution in [-0.2, 0) is 19.1 Å². The Balaban J connectivity index is 2.56.